The molecule has 0 aliphatic heterocycles. The first-order valence-corrected chi connectivity index (χ1v) is 5.84. The van der Waals surface area contributed by atoms with Crippen molar-refractivity contribution < 1.29 is 24.1 Å². The summed E-state index contributed by atoms with van der Waals surface area (Å²) in [6.07, 6.45) is 0. The fraction of sp³-hybridized carbons (Fsp3) is 0.500. The van der Waals surface area contributed by atoms with E-state index >= 15 is 0 Å². The molecule has 1 N–H and O–H groups in total. The number of methoxy groups -OCH3 is 3. The normalized spacial score (nSPS) is 11.1. The molecule has 0 aliphatic rings. The van der Waals surface area contributed by atoms with Gasteiger partial charge in [-0.15, -0.1) is 0 Å². The molecule has 0 amide bonds. The standard InChI is InChI=1S/C14H20O5/c1-14(2,3)8-7-9(17-4)11(18-5)12(19-6)10(8)13(15)16/h7H,1-6H3,(H,15,16). The summed E-state index contributed by atoms with van der Waals surface area (Å²) in [5.74, 6) is -0.133. The Morgan fingerprint density at radius 2 is 1.58 bits per heavy atom. The lowest BCUT2D eigenvalue weighted by Crippen LogP contribution is -2.18. The predicted octanol–water partition coefficient (Wildman–Crippen LogP) is 2.71. The average Bonchev–Trinajstić information content (AvgIpc) is 2.34. The molecule has 0 aromatic heterocycles. The van der Waals surface area contributed by atoms with Gasteiger partial charge in [-0.05, 0) is 17.0 Å². The molecule has 1 aromatic carbocycles. The topological polar surface area (TPSA) is 65.0 Å². The van der Waals surface area contributed by atoms with Crippen molar-refractivity contribution in [1.82, 2.24) is 0 Å². The van der Waals surface area contributed by atoms with E-state index in [0.717, 1.165) is 0 Å². The Labute approximate surface area is 113 Å². The smallest absolute Gasteiger partial charge is 0.339 e. The van der Waals surface area contributed by atoms with Gasteiger partial charge in [0.05, 0.1) is 21.3 Å². The maximum absolute atomic E-state index is 11.5. The molecule has 0 unspecified atom stereocenters. The molecule has 0 saturated carbocycles. The maximum Gasteiger partial charge on any atom is 0.339 e. The second kappa shape index (κ2) is 5.38. The zero-order chi connectivity index (χ0) is 14.8. The highest BCUT2D eigenvalue weighted by molar-refractivity contribution is 5.95. The predicted molar refractivity (Wildman–Crippen MR) is 71.8 cm³/mol. The maximum atomic E-state index is 11.5. The number of carbonyl (C=O) groups is 1. The number of ether oxygens (including phenoxy) is 3. The lowest BCUT2D eigenvalue weighted by atomic mass is 9.83. The number of carboxylic acid groups (broad SMARTS) is 1. The van der Waals surface area contributed by atoms with Gasteiger partial charge >= 0.3 is 5.97 Å². The van der Waals surface area contributed by atoms with E-state index in [1.807, 2.05) is 20.8 Å². The summed E-state index contributed by atoms with van der Waals surface area (Å²) in [6.45, 7) is 5.79. The third kappa shape index (κ3) is 2.75. The van der Waals surface area contributed by atoms with Gasteiger partial charge in [0.25, 0.3) is 0 Å². The van der Waals surface area contributed by atoms with Gasteiger partial charge < -0.3 is 19.3 Å². The van der Waals surface area contributed by atoms with Gasteiger partial charge in [-0.1, -0.05) is 20.8 Å². The van der Waals surface area contributed by atoms with Gasteiger partial charge in [-0.25, -0.2) is 4.79 Å². The summed E-state index contributed by atoms with van der Waals surface area (Å²) < 4.78 is 15.7. The van der Waals surface area contributed by atoms with E-state index in [-0.39, 0.29) is 22.5 Å². The quantitative estimate of drug-likeness (QED) is 0.909. The van der Waals surface area contributed by atoms with Crippen molar-refractivity contribution in [1.29, 1.82) is 0 Å². The van der Waals surface area contributed by atoms with Crippen LogP contribution in [0, 0.1) is 0 Å². The Morgan fingerprint density at radius 1 is 1.05 bits per heavy atom. The molecule has 0 saturated heterocycles. The first-order valence-electron chi connectivity index (χ1n) is 5.84. The van der Waals surface area contributed by atoms with Gasteiger partial charge in [0.15, 0.2) is 11.5 Å². The molecule has 106 valence electrons. The van der Waals surface area contributed by atoms with Crippen molar-refractivity contribution in [2.45, 2.75) is 26.2 Å². The number of benzene rings is 1. The van der Waals surface area contributed by atoms with Gasteiger partial charge in [0, 0.05) is 0 Å². The number of hydrogen-bond acceptors (Lipinski definition) is 4. The van der Waals surface area contributed by atoms with Gasteiger partial charge in [0.2, 0.25) is 5.75 Å². The Bertz CT molecular complexity index is 486. The van der Waals surface area contributed by atoms with E-state index in [2.05, 4.69) is 0 Å². The van der Waals surface area contributed by atoms with Crippen molar-refractivity contribution in [2.75, 3.05) is 21.3 Å². The summed E-state index contributed by atoms with van der Waals surface area (Å²) in [4.78, 5) is 11.5. The van der Waals surface area contributed by atoms with Crippen LogP contribution in [0.25, 0.3) is 0 Å². The van der Waals surface area contributed by atoms with Crippen LogP contribution in [-0.2, 0) is 5.41 Å². The largest absolute Gasteiger partial charge is 0.493 e. The summed E-state index contributed by atoms with van der Waals surface area (Å²) >= 11 is 0. The van der Waals surface area contributed by atoms with Crippen LogP contribution in [0.1, 0.15) is 36.7 Å². The van der Waals surface area contributed by atoms with Gasteiger partial charge in [-0.2, -0.15) is 0 Å². The fourth-order valence-corrected chi connectivity index (χ4v) is 1.96. The molecule has 0 spiro atoms. The molecule has 0 heterocycles. The van der Waals surface area contributed by atoms with E-state index in [0.29, 0.717) is 11.3 Å². The minimum absolute atomic E-state index is 0.104. The van der Waals surface area contributed by atoms with E-state index in [9.17, 15) is 9.90 Å². The van der Waals surface area contributed by atoms with Crippen molar-refractivity contribution in [3.63, 3.8) is 0 Å². The summed E-state index contributed by atoms with van der Waals surface area (Å²) in [5, 5.41) is 9.45. The SMILES string of the molecule is COc1cc(C(C)(C)C)c(C(=O)O)c(OC)c1OC. The second-order valence-electron chi connectivity index (χ2n) is 5.12. The second-order valence-corrected chi connectivity index (χ2v) is 5.12. The average molecular weight is 268 g/mol. The number of aromatic carboxylic acids is 1. The molecule has 5 heteroatoms. The first kappa shape index (κ1) is 15.1. The molecule has 0 radical (unpaired) electrons. The number of hydrogen-bond donors (Lipinski definition) is 1. The first-order chi connectivity index (χ1) is 8.77. The van der Waals surface area contributed by atoms with Crippen LogP contribution in [0.2, 0.25) is 0 Å². The van der Waals surface area contributed by atoms with Crippen molar-refractivity contribution >= 4 is 5.97 Å². The number of rotatable bonds is 4. The van der Waals surface area contributed by atoms with Crippen LogP contribution < -0.4 is 14.2 Å². The minimum Gasteiger partial charge on any atom is -0.493 e. The Kier molecular flexibility index (Phi) is 4.29. The molecule has 0 bridgehead atoms. The molecule has 0 fully saturated rings. The van der Waals surface area contributed by atoms with Crippen LogP contribution in [-0.4, -0.2) is 32.4 Å². The lowest BCUT2D eigenvalue weighted by molar-refractivity contribution is 0.0689. The van der Waals surface area contributed by atoms with Crippen LogP contribution in [0.15, 0.2) is 6.07 Å². The molecular weight excluding hydrogens is 248 g/mol. The summed E-state index contributed by atoms with van der Waals surface area (Å²) in [7, 11) is 4.36. The monoisotopic (exact) mass is 268 g/mol. The van der Waals surface area contributed by atoms with E-state index in [1.54, 1.807) is 6.07 Å². The van der Waals surface area contributed by atoms with Crippen LogP contribution in [0.4, 0.5) is 0 Å². The van der Waals surface area contributed by atoms with Crippen LogP contribution in [0.5, 0.6) is 17.2 Å². The Morgan fingerprint density at radius 3 is 1.89 bits per heavy atom. The van der Waals surface area contributed by atoms with Gasteiger partial charge in [-0.3, -0.25) is 0 Å². The highest BCUT2D eigenvalue weighted by Crippen LogP contribution is 2.45. The Balaban J connectivity index is 3.78. The highest BCUT2D eigenvalue weighted by Gasteiger charge is 2.30. The third-order valence-corrected chi connectivity index (χ3v) is 2.85. The van der Waals surface area contributed by atoms with E-state index in [1.165, 1.54) is 21.3 Å². The third-order valence-electron chi connectivity index (χ3n) is 2.85. The molecule has 0 aliphatic carbocycles. The summed E-state index contributed by atoms with van der Waals surface area (Å²) in [6, 6.07) is 1.69. The lowest BCUT2D eigenvalue weighted by Gasteiger charge is -2.25. The Hall–Kier alpha value is -1.91. The van der Waals surface area contributed by atoms with E-state index < -0.39 is 5.97 Å². The van der Waals surface area contributed by atoms with Crippen LogP contribution in [0.3, 0.4) is 0 Å². The minimum atomic E-state index is -1.05. The van der Waals surface area contributed by atoms with Crippen molar-refractivity contribution in [3.05, 3.63) is 17.2 Å². The van der Waals surface area contributed by atoms with Crippen LogP contribution >= 0.6 is 0 Å². The fourth-order valence-electron chi connectivity index (χ4n) is 1.96. The molecule has 0 atom stereocenters. The molecule has 1 aromatic rings. The molecule has 5 nitrogen and oxygen atoms in total. The number of carboxylic acids is 1. The van der Waals surface area contributed by atoms with Gasteiger partial charge in [0.1, 0.15) is 5.56 Å². The molecule has 1 rings (SSSR count). The van der Waals surface area contributed by atoms with Crippen molar-refractivity contribution in [2.24, 2.45) is 0 Å². The molecular formula is C14H20O5. The van der Waals surface area contributed by atoms with E-state index in [4.69, 9.17) is 14.2 Å². The zero-order valence-corrected chi connectivity index (χ0v) is 12.2. The zero-order valence-electron chi connectivity index (χ0n) is 12.2. The summed E-state index contributed by atoms with van der Waals surface area (Å²) in [5.41, 5.74) is 0.378. The van der Waals surface area contributed by atoms with Crippen molar-refractivity contribution in [3.8, 4) is 17.2 Å². The molecule has 19 heavy (non-hydrogen) atoms. The highest BCUT2D eigenvalue weighted by atomic mass is 16.5.